The van der Waals surface area contributed by atoms with Crippen LogP contribution < -0.4 is 10.7 Å². The number of hydrazone groups is 1. The van der Waals surface area contributed by atoms with Gasteiger partial charge in [-0.2, -0.15) is 5.10 Å². The molecule has 0 heterocycles. The maximum atomic E-state index is 13.5. The minimum Gasteiger partial charge on any atom is -0.392 e. The van der Waals surface area contributed by atoms with Crippen LogP contribution in [0.1, 0.15) is 69.6 Å². The highest BCUT2D eigenvalue weighted by Gasteiger charge is 2.36. The Morgan fingerprint density at radius 3 is 2.33 bits per heavy atom. The molecule has 33 heavy (non-hydrogen) atoms. The Hall–Kier alpha value is -2.31. The SMILES string of the molecule is CNN=C1CCC(NCC(O)CCc2cc(F)cc(F)c2)(c2cccc(C(C)(C)C)c2)CC1. The fourth-order valence-electron chi connectivity index (χ4n) is 4.59. The normalized spacial score (nSPS) is 19.9. The summed E-state index contributed by atoms with van der Waals surface area (Å²) in [4.78, 5) is 0. The second-order valence-corrected chi connectivity index (χ2v) is 10.2. The van der Waals surface area contributed by atoms with Crippen molar-refractivity contribution in [1.29, 1.82) is 0 Å². The summed E-state index contributed by atoms with van der Waals surface area (Å²) in [5.74, 6) is -1.17. The Bertz CT molecular complexity index is 938. The van der Waals surface area contributed by atoms with Crippen LogP contribution in [0.25, 0.3) is 0 Å². The predicted molar refractivity (Wildman–Crippen MR) is 130 cm³/mol. The number of nitrogens with one attached hydrogen (secondary N) is 2. The number of halogens is 2. The Balaban J connectivity index is 1.73. The second-order valence-electron chi connectivity index (χ2n) is 10.2. The number of rotatable bonds is 8. The largest absolute Gasteiger partial charge is 0.392 e. The molecule has 6 heteroatoms. The van der Waals surface area contributed by atoms with Gasteiger partial charge in [0, 0.05) is 30.9 Å². The Labute approximate surface area is 196 Å². The molecule has 4 nitrogen and oxygen atoms in total. The molecule has 1 aliphatic carbocycles. The van der Waals surface area contributed by atoms with Crippen molar-refractivity contribution in [1.82, 2.24) is 10.7 Å². The average Bonchev–Trinajstić information content (AvgIpc) is 2.76. The number of hydrogen-bond donors (Lipinski definition) is 3. The lowest BCUT2D eigenvalue weighted by Crippen LogP contribution is -2.48. The van der Waals surface area contributed by atoms with Gasteiger partial charge < -0.3 is 15.8 Å². The molecule has 0 radical (unpaired) electrons. The molecule has 1 saturated carbocycles. The molecule has 180 valence electrons. The van der Waals surface area contributed by atoms with Crippen molar-refractivity contribution >= 4 is 5.71 Å². The number of hydrogen-bond acceptors (Lipinski definition) is 4. The molecule has 0 aromatic heterocycles. The van der Waals surface area contributed by atoms with E-state index >= 15 is 0 Å². The molecule has 1 unspecified atom stereocenters. The van der Waals surface area contributed by atoms with E-state index in [4.69, 9.17) is 0 Å². The van der Waals surface area contributed by atoms with E-state index in [2.05, 4.69) is 60.9 Å². The van der Waals surface area contributed by atoms with Gasteiger partial charge in [0.25, 0.3) is 0 Å². The van der Waals surface area contributed by atoms with Gasteiger partial charge in [0.2, 0.25) is 0 Å². The van der Waals surface area contributed by atoms with Crippen LogP contribution in [0.15, 0.2) is 47.6 Å². The van der Waals surface area contributed by atoms with Gasteiger partial charge in [-0.15, -0.1) is 0 Å². The van der Waals surface area contributed by atoms with E-state index in [1.165, 1.54) is 23.3 Å². The van der Waals surface area contributed by atoms with Crippen molar-refractivity contribution < 1.29 is 13.9 Å². The summed E-state index contributed by atoms with van der Waals surface area (Å²) < 4.78 is 26.9. The molecule has 3 N–H and O–H groups in total. The van der Waals surface area contributed by atoms with Crippen LogP contribution in [-0.4, -0.2) is 30.5 Å². The summed E-state index contributed by atoms with van der Waals surface area (Å²) >= 11 is 0. The number of benzene rings is 2. The summed E-state index contributed by atoms with van der Waals surface area (Å²) in [7, 11) is 1.82. The van der Waals surface area contributed by atoms with Crippen LogP contribution in [-0.2, 0) is 17.4 Å². The maximum absolute atomic E-state index is 13.5. The fourth-order valence-corrected chi connectivity index (χ4v) is 4.59. The van der Waals surface area contributed by atoms with Gasteiger partial charge in [0.15, 0.2) is 0 Å². The van der Waals surface area contributed by atoms with E-state index in [0.717, 1.165) is 37.5 Å². The van der Waals surface area contributed by atoms with Crippen LogP contribution in [0.5, 0.6) is 0 Å². The Morgan fingerprint density at radius 2 is 1.73 bits per heavy atom. The summed E-state index contributed by atoms with van der Waals surface area (Å²) in [5, 5.41) is 18.8. The first-order chi connectivity index (χ1) is 15.6. The molecule has 1 fully saturated rings. The van der Waals surface area contributed by atoms with Gasteiger partial charge in [-0.25, -0.2) is 8.78 Å². The van der Waals surface area contributed by atoms with Crippen LogP contribution in [0.2, 0.25) is 0 Å². The van der Waals surface area contributed by atoms with Gasteiger partial charge in [0.1, 0.15) is 11.6 Å². The lowest BCUT2D eigenvalue weighted by molar-refractivity contribution is 0.138. The molecule has 0 spiro atoms. The van der Waals surface area contributed by atoms with E-state index in [1.54, 1.807) is 0 Å². The molecule has 0 saturated heterocycles. The van der Waals surface area contributed by atoms with Crippen molar-refractivity contribution in [3.63, 3.8) is 0 Å². The van der Waals surface area contributed by atoms with Gasteiger partial charge in [-0.05, 0) is 72.8 Å². The van der Waals surface area contributed by atoms with Crippen molar-refractivity contribution in [3.8, 4) is 0 Å². The third kappa shape index (κ3) is 6.84. The van der Waals surface area contributed by atoms with E-state index in [-0.39, 0.29) is 11.0 Å². The lowest BCUT2D eigenvalue weighted by atomic mass is 9.74. The van der Waals surface area contributed by atoms with Crippen LogP contribution in [0.3, 0.4) is 0 Å². The van der Waals surface area contributed by atoms with Gasteiger partial charge >= 0.3 is 0 Å². The quantitative estimate of drug-likeness (QED) is 0.478. The highest BCUT2D eigenvalue weighted by Crippen LogP contribution is 2.38. The third-order valence-corrected chi connectivity index (χ3v) is 6.60. The summed E-state index contributed by atoms with van der Waals surface area (Å²) in [6, 6.07) is 12.3. The molecule has 0 amide bonds. The van der Waals surface area contributed by atoms with E-state index in [1.807, 2.05) is 7.05 Å². The van der Waals surface area contributed by atoms with Crippen molar-refractivity contribution in [2.24, 2.45) is 5.10 Å². The number of aliphatic hydroxyl groups excluding tert-OH is 1. The molecule has 1 atom stereocenters. The summed E-state index contributed by atoms with van der Waals surface area (Å²) in [6.45, 7) is 7.05. The number of nitrogens with zero attached hydrogens (tertiary/aromatic N) is 1. The molecule has 0 bridgehead atoms. The van der Waals surface area contributed by atoms with Gasteiger partial charge in [-0.3, -0.25) is 0 Å². The lowest BCUT2D eigenvalue weighted by Gasteiger charge is -2.40. The number of aryl methyl sites for hydroxylation is 1. The Morgan fingerprint density at radius 1 is 1.06 bits per heavy atom. The zero-order valence-corrected chi connectivity index (χ0v) is 20.2. The van der Waals surface area contributed by atoms with Gasteiger partial charge in [-0.1, -0.05) is 45.0 Å². The molecular weight excluding hydrogens is 420 g/mol. The molecular formula is C27H37F2N3O. The minimum absolute atomic E-state index is 0.0460. The third-order valence-electron chi connectivity index (χ3n) is 6.60. The highest BCUT2D eigenvalue weighted by atomic mass is 19.1. The first-order valence-electron chi connectivity index (χ1n) is 11.8. The molecule has 3 rings (SSSR count). The number of aliphatic hydroxyl groups is 1. The Kier molecular flexibility index (Phi) is 8.24. The first-order valence-corrected chi connectivity index (χ1v) is 11.8. The van der Waals surface area contributed by atoms with E-state index in [0.29, 0.717) is 24.9 Å². The van der Waals surface area contributed by atoms with Crippen molar-refractivity contribution in [2.75, 3.05) is 13.6 Å². The zero-order valence-electron chi connectivity index (χ0n) is 20.2. The highest BCUT2D eigenvalue weighted by molar-refractivity contribution is 5.85. The van der Waals surface area contributed by atoms with Crippen LogP contribution in [0.4, 0.5) is 8.78 Å². The van der Waals surface area contributed by atoms with Crippen molar-refractivity contribution in [2.45, 2.75) is 76.4 Å². The summed E-state index contributed by atoms with van der Waals surface area (Å²) in [6.07, 6.45) is 3.78. The van der Waals surface area contributed by atoms with Crippen LogP contribution in [0, 0.1) is 11.6 Å². The summed E-state index contributed by atoms with van der Waals surface area (Å²) in [5.41, 5.74) is 6.93. The second kappa shape index (κ2) is 10.7. The fraction of sp³-hybridized carbons (Fsp3) is 0.519. The van der Waals surface area contributed by atoms with Gasteiger partial charge in [0.05, 0.1) is 6.10 Å². The smallest absolute Gasteiger partial charge is 0.126 e. The minimum atomic E-state index is -0.619. The first kappa shape index (κ1) is 25.3. The standard InChI is InChI=1S/C27H37F2N3O/c1-26(2,3)20-6-5-7-21(16-20)27(12-10-24(11-13-27)32-30-4)31-18-25(33)9-8-19-14-22(28)17-23(29)15-19/h5-7,14-17,25,30-31,33H,8-13,18H2,1-4H3. The molecule has 2 aromatic carbocycles. The molecule has 1 aliphatic rings. The molecule has 0 aliphatic heterocycles. The van der Waals surface area contributed by atoms with E-state index < -0.39 is 17.7 Å². The average molecular weight is 458 g/mol. The zero-order chi connectivity index (χ0) is 24.1. The predicted octanol–water partition coefficient (Wildman–Crippen LogP) is 5.19. The maximum Gasteiger partial charge on any atom is 0.126 e. The van der Waals surface area contributed by atoms with E-state index in [9.17, 15) is 13.9 Å². The topological polar surface area (TPSA) is 56.7 Å². The van der Waals surface area contributed by atoms with Crippen LogP contribution >= 0.6 is 0 Å². The van der Waals surface area contributed by atoms with Crippen molar-refractivity contribution in [3.05, 3.63) is 70.8 Å². The molecule has 2 aromatic rings. The monoisotopic (exact) mass is 457 g/mol.